The van der Waals surface area contributed by atoms with Crippen molar-refractivity contribution < 1.29 is 106 Å². The van der Waals surface area contributed by atoms with E-state index in [2.05, 4.69) is 0 Å². The van der Waals surface area contributed by atoms with Gasteiger partial charge in [0.1, 0.15) is 5.56 Å². The summed E-state index contributed by atoms with van der Waals surface area (Å²) < 4.78 is 10.1. The van der Waals surface area contributed by atoms with Crippen LogP contribution in [0.25, 0.3) is 0 Å². The van der Waals surface area contributed by atoms with Gasteiger partial charge < -0.3 is 101 Å². The summed E-state index contributed by atoms with van der Waals surface area (Å²) in [6, 6.07) is 2.08. The Balaban J connectivity index is 1.97. The number of nitrogens with zero attached hydrogens (tertiary/aromatic N) is 1. The second-order valence-electron chi connectivity index (χ2n) is 10.6. The van der Waals surface area contributed by atoms with E-state index in [0.29, 0.717) is 0 Å². The topological polar surface area (TPSA) is 403 Å². The molecule has 1 aliphatic heterocycles. The molecule has 22 heteroatoms. The molecule has 0 aromatic heterocycles. The molecule has 2 aliphatic rings. The average molecular weight is 667 g/mol. The molecule has 1 atom stereocenters. The van der Waals surface area contributed by atoms with Crippen LogP contribution in [0.4, 0.5) is 0 Å². The highest BCUT2D eigenvalue weighted by atomic mass is 16.7. The highest BCUT2D eigenvalue weighted by Crippen LogP contribution is 2.61. The molecule has 46 heavy (non-hydrogen) atoms. The van der Waals surface area contributed by atoms with Gasteiger partial charge in [0.05, 0.1) is 20.1 Å². The summed E-state index contributed by atoms with van der Waals surface area (Å²) in [5.41, 5.74) is -8.28. The van der Waals surface area contributed by atoms with Crippen LogP contribution in [0.1, 0.15) is 21.5 Å². The van der Waals surface area contributed by atoms with Gasteiger partial charge in [-0.3, -0.25) is 4.79 Å². The number of phenolic OH excluding ortho intramolecular Hbond substituents is 5. The lowest BCUT2D eigenvalue weighted by atomic mass is 9.65. The number of Topliss-reactive ketones (excluding diaryl/α,β-unsaturated/α-hetero) is 1. The number of carbonyl (C=O) groups is 1. The lowest BCUT2D eigenvalue weighted by Crippen LogP contribution is -2.99. The Morgan fingerprint density at radius 3 is 1.50 bits per heavy atom. The Bertz CT molecular complexity index is 1550. The van der Waals surface area contributed by atoms with Crippen molar-refractivity contribution in [2.45, 2.75) is 47.1 Å². The molecule has 4 rings (SSSR count). The number of aliphatic hydroxyl groups is 13. The zero-order chi connectivity index (χ0) is 35.5. The summed E-state index contributed by atoms with van der Waals surface area (Å²) in [4.78, 5) is 11.5. The van der Waals surface area contributed by atoms with Crippen LogP contribution in [0.3, 0.4) is 0 Å². The van der Waals surface area contributed by atoms with Crippen LogP contribution in [0.5, 0.6) is 40.2 Å². The molecule has 0 amide bonds. The van der Waals surface area contributed by atoms with Crippen molar-refractivity contribution in [1.82, 2.24) is 4.90 Å². The minimum absolute atomic E-state index is 0.0463. The van der Waals surface area contributed by atoms with Crippen molar-refractivity contribution in [1.29, 1.82) is 0 Å². The Kier molecular flexibility index (Phi) is 7.48. The predicted molar refractivity (Wildman–Crippen MR) is 135 cm³/mol. The van der Waals surface area contributed by atoms with E-state index in [1.807, 2.05) is 0 Å². The number of likely N-dealkylation sites (tertiary alicyclic amines) is 1. The molecule has 1 fully saturated rings. The van der Waals surface area contributed by atoms with Gasteiger partial charge in [-0.1, -0.05) is 0 Å². The number of ketones is 1. The monoisotopic (exact) mass is 667 g/mol. The number of phenols is 5. The quantitative estimate of drug-likeness (QED) is 0.0772. The van der Waals surface area contributed by atoms with Gasteiger partial charge >= 0.3 is 0 Å². The molecular weight excluding hydrogens is 638 g/mol. The van der Waals surface area contributed by atoms with Crippen LogP contribution in [0.15, 0.2) is 12.1 Å². The summed E-state index contributed by atoms with van der Waals surface area (Å²) in [6.07, 6.45) is -0.967. The Morgan fingerprint density at radius 1 is 0.696 bits per heavy atom. The van der Waals surface area contributed by atoms with Crippen molar-refractivity contribution in [2.24, 2.45) is 5.92 Å². The fourth-order valence-corrected chi connectivity index (χ4v) is 5.72. The third-order valence-corrected chi connectivity index (χ3v) is 8.22. The van der Waals surface area contributed by atoms with Gasteiger partial charge in [0.25, 0.3) is 29.3 Å². The maximum atomic E-state index is 13.3. The number of benzene rings is 2. The Labute approximate surface area is 253 Å². The summed E-state index contributed by atoms with van der Waals surface area (Å²) in [6.45, 7) is 0. The van der Waals surface area contributed by atoms with E-state index in [9.17, 15) is 96.7 Å². The SMILES string of the molecule is COc1cc2c(cc1OC)C(=O)C(C(O)(O)C1(O)C(O)(O)C(O)(O)N(C(O)(O)c3c(O)c(O)c(O)c(O)c3O)C(O)(O)C1(O)O)C2. The first kappa shape index (κ1) is 35.0. The maximum Gasteiger partial charge on any atom is 0.294 e. The van der Waals surface area contributed by atoms with Crippen molar-refractivity contribution >= 4 is 5.78 Å². The maximum absolute atomic E-state index is 13.3. The third kappa shape index (κ3) is 3.81. The van der Waals surface area contributed by atoms with E-state index in [1.54, 1.807) is 0 Å². The minimum atomic E-state index is -5.53. The first-order chi connectivity index (χ1) is 20.7. The fraction of sp³-hybridized carbons (Fsp3) is 0.458. The van der Waals surface area contributed by atoms with E-state index in [0.717, 1.165) is 19.2 Å². The molecule has 0 radical (unpaired) electrons. The number of ether oxygens (including phenoxy) is 2. The zero-order valence-corrected chi connectivity index (χ0v) is 23.2. The predicted octanol–water partition coefficient (Wildman–Crippen LogP) is -7.25. The number of methoxy groups -OCH3 is 2. The molecule has 1 saturated heterocycles. The molecular formula is C24H29NO21. The summed E-state index contributed by atoms with van der Waals surface area (Å²) >= 11 is 0. The molecule has 1 heterocycles. The van der Waals surface area contributed by atoms with Gasteiger partial charge in [-0.05, 0) is 24.1 Å². The van der Waals surface area contributed by atoms with E-state index in [4.69, 9.17) is 9.47 Å². The van der Waals surface area contributed by atoms with Crippen LogP contribution in [0, 0.1) is 5.92 Å². The average Bonchev–Trinajstić information content (AvgIpc) is 3.27. The Morgan fingerprint density at radius 2 is 1.09 bits per heavy atom. The van der Waals surface area contributed by atoms with Crippen LogP contribution < -0.4 is 9.47 Å². The van der Waals surface area contributed by atoms with Gasteiger partial charge in [-0.2, -0.15) is 0 Å². The molecule has 1 unspecified atom stereocenters. The molecule has 0 bridgehead atoms. The molecule has 2 aromatic rings. The van der Waals surface area contributed by atoms with Crippen LogP contribution in [-0.2, 0) is 12.3 Å². The number of aromatic hydroxyl groups is 5. The smallest absolute Gasteiger partial charge is 0.294 e. The van der Waals surface area contributed by atoms with Crippen molar-refractivity contribution in [3.63, 3.8) is 0 Å². The second kappa shape index (κ2) is 9.83. The van der Waals surface area contributed by atoms with E-state index >= 15 is 0 Å². The molecule has 18 N–H and O–H groups in total. The van der Waals surface area contributed by atoms with Crippen molar-refractivity contribution in [3.8, 4) is 40.2 Å². The first-order valence-corrected chi connectivity index (χ1v) is 12.4. The molecule has 256 valence electrons. The molecule has 2 aromatic carbocycles. The fourth-order valence-electron chi connectivity index (χ4n) is 5.72. The zero-order valence-electron chi connectivity index (χ0n) is 23.2. The van der Waals surface area contributed by atoms with Gasteiger partial charge in [0, 0.05) is 5.56 Å². The first-order valence-electron chi connectivity index (χ1n) is 12.4. The highest BCUT2D eigenvalue weighted by Gasteiger charge is 2.92. The molecule has 0 spiro atoms. The largest absolute Gasteiger partial charge is 0.504 e. The van der Waals surface area contributed by atoms with Crippen LogP contribution >= 0.6 is 0 Å². The van der Waals surface area contributed by atoms with Crippen LogP contribution in [-0.4, -0.2) is 152 Å². The van der Waals surface area contributed by atoms with Crippen LogP contribution in [0.2, 0.25) is 0 Å². The lowest BCUT2D eigenvalue weighted by Gasteiger charge is -2.66. The number of piperidine rings is 1. The molecule has 0 saturated carbocycles. The summed E-state index contributed by atoms with van der Waals surface area (Å²) in [5.74, 6) is -46.1. The Hall–Kier alpha value is -3.85. The normalized spacial score (nSPS) is 23.2. The van der Waals surface area contributed by atoms with E-state index < -0.39 is 104 Å². The summed E-state index contributed by atoms with van der Waals surface area (Å²) in [7, 11) is 2.31. The number of hydrogen-bond donors (Lipinski definition) is 18. The van der Waals surface area contributed by atoms with Crippen molar-refractivity contribution in [2.75, 3.05) is 14.2 Å². The highest BCUT2D eigenvalue weighted by molar-refractivity contribution is 6.03. The standard InChI is InChI=1S/C24H29NO21/c1-45-9-4-6-3-8(12(26)7(6)5-10(9)46-2)18(32,33)20(36)21(37,38)23(41,42)25(24(43,44)22(20,39)40)19(34,35)11-13(27)15(29)17(31)16(30)14(11)28/h4-5,8,27-44H,3H2,1-2H3. The number of hydrogen-bond acceptors (Lipinski definition) is 22. The van der Waals surface area contributed by atoms with Crippen molar-refractivity contribution in [3.05, 3.63) is 28.8 Å². The van der Waals surface area contributed by atoms with Gasteiger partial charge in [0.2, 0.25) is 28.6 Å². The summed E-state index contributed by atoms with van der Waals surface area (Å²) in [5, 5.41) is 191. The minimum Gasteiger partial charge on any atom is -0.504 e. The van der Waals surface area contributed by atoms with Gasteiger partial charge in [-0.15, -0.1) is 4.90 Å². The third-order valence-electron chi connectivity index (χ3n) is 8.22. The molecule has 22 nitrogen and oxygen atoms in total. The van der Waals surface area contributed by atoms with E-state index in [-0.39, 0.29) is 17.1 Å². The number of rotatable bonds is 6. The lowest BCUT2D eigenvalue weighted by molar-refractivity contribution is -0.646. The number of fused-ring (bicyclic) bond motifs is 1. The van der Waals surface area contributed by atoms with Gasteiger partial charge in [-0.25, -0.2) is 0 Å². The molecule has 1 aliphatic carbocycles. The second-order valence-corrected chi connectivity index (χ2v) is 10.6. The van der Waals surface area contributed by atoms with Gasteiger partial charge in [0.15, 0.2) is 28.8 Å². The number of carbonyl (C=O) groups excluding carboxylic acids is 1. The van der Waals surface area contributed by atoms with E-state index in [1.165, 1.54) is 7.11 Å².